The summed E-state index contributed by atoms with van der Waals surface area (Å²) in [4.78, 5) is 12.2. The minimum atomic E-state index is -5.39. The molecule has 1 aromatic heterocycles. The number of alkyl halides is 3. The van der Waals surface area contributed by atoms with Crippen LogP contribution < -0.4 is 10.6 Å². The highest BCUT2D eigenvalue weighted by molar-refractivity contribution is 7.92. The second-order valence-corrected chi connectivity index (χ2v) is 14.8. The standard InChI is InChI=1S/C25H25ClF3N3O5S3/c26-19-5-3-18(4-6-19)24(33)31-16-21-7-10-23(38-21)40(36,37)32-13-11-20(12-14-32)30-15-17-1-8-22(9-2-17)39(34,35)25(27,28)29/h1-10,20,30H,11-16H2,(H,31,33). The number of nitrogens with zero attached hydrogens (tertiary/aromatic N) is 1. The molecule has 2 N–H and O–H groups in total. The second-order valence-electron chi connectivity index (χ2n) is 9.06. The lowest BCUT2D eigenvalue weighted by atomic mass is 10.1. The first-order valence-corrected chi connectivity index (χ1v) is 16.2. The highest BCUT2D eigenvalue weighted by atomic mass is 35.5. The van der Waals surface area contributed by atoms with Crippen LogP contribution in [0, 0.1) is 0 Å². The zero-order valence-electron chi connectivity index (χ0n) is 20.8. The Morgan fingerprint density at radius 3 is 2.15 bits per heavy atom. The predicted molar refractivity (Wildman–Crippen MR) is 145 cm³/mol. The fourth-order valence-corrected chi connectivity index (χ4v) is 7.88. The maximum atomic E-state index is 13.1. The summed E-state index contributed by atoms with van der Waals surface area (Å²) >= 11 is 6.93. The number of halogens is 4. The van der Waals surface area contributed by atoms with Crippen molar-refractivity contribution in [3.63, 3.8) is 0 Å². The van der Waals surface area contributed by atoms with Crippen molar-refractivity contribution in [2.75, 3.05) is 13.1 Å². The first kappa shape index (κ1) is 30.5. The van der Waals surface area contributed by atoms with E-state index in [0.29, 0.717) is 40.4 Å². The number of hydrogen-bond donors (Lipinski definition) is 2. The number of sulfone groups is 1. The van der Waals surface area contributed by atoms with Gasteiger partial charge in [0.2, 0.25) is 0 Å². The molecule has 4 rings (SSSR count). The van der Waals surface area contributed by atoms with Gasteiger partial charge in [-0.15, -0.1) is 11.3 Å². The number of amides is 1. The van der Waals surface area contributed by atoms with Crippen LogP contribution in [0.2, 0.25) is 5.02 Å². The average molecular weight is 636 g/mol. The Labute approximate surface area is 239 Å². The first-order chi connectivity index (χ1) is 18.8. The minimum Gasteiger partial charge on any atom is -0.347 e. The molecular formula is C25H25ClF3N3O5S3. The number of nitrogens with one attached hydrogen (secondary N) is 2. The van der Waals surface area contributed by atoms with E-state index in [2.05, 4.69) is 10.6 Å². The lowest BCUT2D eigenvalue weighted by Gasteiger charge is -2.31. The summed E-state index contributed by atoms with van der Waals surface area (Å²) in [6, 6.07) is 14.1. The molecule has 0 atom stereocenters. The zero-order chi connectivity index (χ0) is 29.1. The third-order valence-corrected chi connectivity index (χ3v) is 11.6. The van der Waals surface area contributed by atoms with E-state index in [1.54, 1.807) is 30.3 Å². The maximum Gasteiger partial charge on any atom is 0.501 e. The van der Waals surface area contributed by atoms with E-state index in [0.717, 1.165) is 23.5 Å². The van der Waals surface area contributed by atoms with Crippen molar-refractivity contribution >= 4 is 48.7 Å². The molecule has 1 amide bonds. The third kappa shape index (κ3) is 7.04. The van der Waals surface area contributed by atoms with Crippen LogP contribution in [0.4, 0.5) is 13.2 Å². The van der Waals surface area contributed by atoms with E-state index in [9.17, 15) is 34.8 Å². The van der Waals surface area contributed by atoms with Gasteiger partial charge in [-0.2, -0.15) is 17.5 Å². The molecule has 15 heteroatoms. The number of piperidine rings is 1. The SMILES string of the molecule is O=C(NCc1ccc(S(=O)(=O)N2CCC(NCc3ccc(S(=O)(=O)C(F)(F)F)cc3)CC2)s1)c1ccc(Cl)cc1. The molecule has 0 radical (unpaired) electrons. The summed E-state index contributed by atoms with van der Waals surface area (Å²) in [5.41, 5.74) is -4.32. The van der Waals surface area contributed by atoms with Gasteiger partial charge in [-0.25, -0.2) is 16.8 Å². The van der Waals surface area contributed by atoms with Crippen molar-refractivity contribution in [3.05, 3.63) is 81.7 Å². The molecule has 1 aliphatic rings. The average Bonchev–Trinajstić information content (AvgIpc) is 3.41. The monoisotopic (exact) mass is 635 g/mol. The Hall–Kier alpha value is -2.49. The smallest absolute Gasteiger partial charge is 0.347 e. The second kappa shape index (κ2) is 12.2. The molecule has 3 aromatic rings. The topological polar surface area (TPSA) is 113 Å². The van der Waals surface area contributed by atoms with Crippen molar-refractivity contribution in [2.24, 2.45) is 0 Å². The van der Waals surface area contributed by atoms with Gasteiger partial charge in [0.25, 0.3) is 25.8 Å². The van der Waals surface area contributed by atoms with Gasteiger partial charge < -0.3 is 10.6 Å². The Bertz CT molecular complexity index is 1550. The summed E-state index contributed by atoms with van der Waals surface area (Å²) in [6.07, 6.45) is 1.05. The fourth-order valence-electron chi connectivity index (χ4n) is 4.07. The van der Waals surface area contributed by atoms with Gasteiger partial charge in [0.15, 0.2) is 0 Å². The van der Waals surface area contributed by atoms with Crippen LogP contribution in [0.25, 0.3) is 0 Å². The van der Waals surface area contributed by atoms with Crippen molar-refractivity contribution in [1.82, 2.24) is 14.9 Å². The molecule has 1 saturated heterocycles. The highest BCUT2D eigenvalue weighted by Gasteiger charge is 2.46. The predicted octanol–water partition coefficient (Wildman–Crippen LogP) is 4.57. The Morgan fingerprint density at radius 1 is 0.925 bits per heavy atom. The quantitative estimate of drug-likeness (QED) is 0.356. The lowest BCUT2D eigenvalue weighted by molar-refractivity contribution is -0.0436. The highest BCUT2D eigenvalue weighted by Crippen LogP contribution is 2.30. The zero-order valence-corrected chi connectivity index (χ0v) is 24.0. The summed E-state index contributed by atoms with van der Waals surface area (Å²) < 4.78 is 89.0. The molecule has 40 heavy (non-hydrogen) atoms. The van der Waals surface area contributed by atoms with E-state index in [4.69, 9.17) is 11.6 Å². The van der Waals surface area contributed by atoms with Gasteiger partial charge >= 0.3 is 5.51 Å². The summed E-state index contributed by atoms with van der Waals surface area (Å²) in [7, 11) is -9.10. The molecule has 0 unspecified atom stereocenters. The van der Waals surface area contributed by atoms with Gasteiger partial charge in [0.1, 0.15) is 4.21 Å². The molecule has 1 aliphatic heterocycles. The van der Waals surface area contributed by atoms with Gasteiger partial charge in [0.05, 0.1) is 11.4 Å². The molecule has 1 fully saturated rings. The van der Waals surface area contributed by atoms with Crippen molar-refractivity contribution < 1.29 is 34.8 Å². The van der Waals surface area contributed by atoms with Crippen molar-refractivity contribution in [3.8, 4) is 0 Å². The van der Waals surface area contributed by atoms with E-state index in [1.807, 2.05) is 0 Å². The molecule has 2 heterocycles. The Kier molecular flexibility index (Phi) is 9.27. The van der Waals surface area contributed by atoms with Crippen LogP contribution in [0.15, 0.2) is 69.8 Å². The molecule has 8 nitrogen and oxygen atoms in total. The van der Waals surface area contributed by atoms with Crippen LogP contribution >= 0.6 is 22.9 Å². The molecule has 0 bridgehead atoms. The van der Waals surface area contributed by atoms with Gasteiger partial charge in [0, 0.05) is 41.1 Å². The molecule has 0 spiro atoms. The number of carbonyl (C=O) groups excluding carboxylic acids is 1. The molecular weight excluding hydrogens is 611 g/mol. The number of hydrogen-bond acceptors (Lipinski definition) is 7. The van der Waals surface area contributed by atoms with Gasteiger partial charge in [-0.1, -0.05) is 23.7 Å². The Balaban J connectivity index is 1.26. The number of carbonyl (C=O) groups is 1. The van der Waals surface area contributed by atoms with Crippen LogP contribution in [0.5, 0.6) is 0 Å². The van der Waals surface area contributed by atoms with Crippen LogP contribution in [0.3, 0.4) is 0 Å². The fraction of sp³-hybridized carbons (Fsp3) is 0.320. The summed E-state index contributed by atoms with van der Waals surface area (Å²) in [5.74, 6) is -0.300. The van der Waals surface area contributed by atoms with E-state index in [-0.39, 0.29) is 35.8 Å². The third-order valence-electron chi connectivity index (χ3n) is 6.35. The molecule has 0 aliphatic carbocycles. The number of sulfonamides is 1. The lowest BCUT2D eigenvalue weighted by Crippen LogP contribution is -2.44. The minimum absolute atomic E-state index is 0.0213. The van der Waals surface area contributed by atoms with Crippen molar-refractivity contribution in [1.29, 1.82) is 0 Å². The van der Waals surface area contributed by atoms with Crippen LogP contribution in [-0.2, 0) is 33.0 Å². The Morgan fingerprint density at radius 2 is 1.55 bits per heavy atom. The summed E-state index contributed by atoms with van der Waals surface area (Å²) in [6.45, 7) is 1.03. The number of benzene rings is 2. The van der Waals surface area contributed by atoms with E-state index < -0.39 is 30.3 Å². The van der Waals surface area contributed by atoms with Crippen LogP contribution in [-0.4, -0.2) is 51.7 Å². The first-order valence-electron chi connectivity index (χ1n) is 12.0. The largest absolute Gasteiger partial charge is 0.501 e. The van der Waals surface area contributed by atoms with Gasteiger partial charge in [-0.3, -0.25) is 4.79 Å². The molecule has 2 aromatic carbocycles. The number of thiophene rings is 1. The molecule has 216 valence electrons. The van der Waals surface area contributed by atoms with E-state index >= 15 is 0 Å². The van der Waals surface area contributed by atoms with Crippen LogP contribution in [0.1, 0.15) is 33.6 Å². The summed E-state index contributed by atoms with van der Waals surface area (Å²) in [5, 5.41) is 6.52. The van der Waals surface area contributed by atoms with Gasteiger partial charge in [-0.05, 0) is 66.9 Å². The normalized spacial score (nSPS) is 15.7. The maximum absolute atomic E-state index is 13.1. The molecule has 0 saturated carbocycles. The van der Waals surface area contributed by atoms with E-state index in [1.165, 1.54) is 22.5 Å². The number of rotatable bonds is 9. The van der Waals surface area contributed by atoms with Crippen molar-refractivity contribution in [2.45, 2.75) is 46.6 Å².